The number of methoxy groups -OCH3 is 1. The summed E-state index contributed by atoms with van der Waals surface area (Å²) in [5.74, 6) is 0. The molecule has 0 aromatic rings. The van der Waals surface area contributed by atoms with E-state index in [1.54, 1.807) is 0 Å². The van der Waals surface area contributed by atoms with Crippen molar-refractivity contribution in [3.05, 3.63) is 0 Å². The smallest absolute Gasteiger partial charge is 0.406 e. The van der Waals surface area contributed by atoms with Crippen LogP contribution in [0.25, 0.3) is 0 Å². The Hall–Kier alpha value is -0.810. The molecule has 0 unspecified atom stereocenters. The molecule has 0 aliphatic carbocycles. The molecule has 0 aromatic carbocycles. The van der Waals surface area contributed by atoms with Gasteiger partial charge < -0.3 is 20.7 Å². The van der Waals surface area contributed by atoms with E-state index in [1.807, 2.05) is 7.05 Å². The van der Waals surface area contributed by atoms with Crippen molar-refractivity contribution in [2.24, 2.45) is 5.73 Å². The Labute approximate surface area is 85.6 Å². The van der Waals surface area contributed by atoms with Crippen LogP contribution >= 0.6 is 0 Å². The van der Waals surface area contributed by atoms with Crippen LogP contribution in [0, 0.1) is 0 Å². The van der Waals surface area contributed by atoms with E-state index in [4.69, 9.17) is 5.73 Å². The number of carbonyl (C=O) groups excluding carboxylic acids is 1. The first-order chi connectivity index (χ1) is 6.70. The lowest BCUT2D eigenvalue weighted by Crippen LogP contribution is -2.29. The van der Waals surface area contributed by atoms with E-state index in [2.05, 4.69) is 15.0 Å². The lowest BCUT2D eigenvalue weighted by atomic mass is 10.3. The number of hydrogen-bond donors (Lipinski definition) is 2. The van der Waals surface area contributed by atoms with Crippen LogP contribution in [0.3, 0.4) is 0 Å². The van der Waals surface area contributed by atoms with E-state index in [9.17, 15) is 4.79 Å². The highest BCUT2D eigenvalue weighted by molar-refractivity contribution is 5.66. The molecule has 14 heavy (non-hydrogen) atoms. The standard InChI is InChI=1S/C9H21N3O2/c1-12(7-3-5-10)8-4-6-11-9(13)14-2/h3-8,10H2,1-2H3,(H,11,13). The average molecular weight is 203 g/mol. The number of amides is 1. The maximum absolute atomic E-state index is 10.7. The number of ether oxygens (including phenoxy) is 1. The fraction of sp³-hybridized carbons (Fsp3) is 0.889. The second kappa shape index (κ2) is 8.77. The molecular weight excluding hydrogens is 182 g/mol. The number of hydrogen-bond acceptors (Lipinski definition) is 4. The van der Waals surface area contributed by atoms with Crippen LogP contribution in [-0.4, -0.2) is 51.3 Å². The summed E-state index contributed by atoms with van der Waals surface area (Å²) in [6.45, 7) is 3.35. The normalized spacial score (nSPS) is 10.3. The van der Waals surface area contributed by atoms with Gasteiger partial charge in [-0.15, -0.1) is 0 Å². The van der Waals surface area contributed by atoms with Crippen molar-refractivity contribution in [2.75, 3.05) is 40.3 Å². The van der Waals surface area contributed by atoms with Crippen molar-refractivity contribution in [1.29, 1.82) is 0 Å². The van der Waals surface area contributed by atoms with Gasteiger partial charge in [-0.05, 0) is 39.5 Å². The van der Waals surface area contributed by atoms with Gasteiger partial charge in [0.2, 0.25) is 0 Å². The Balaban J connectivity index is 3.22. The average Bonchev–Trinajstić information content (AvgIpc) is 2.21. The fourth-order valence-electron chi connectivity index (χ4n) is 1.08. The van der Waals surface area contributed by atoms with Crippen molar-refractivity contribution >= 4 is 6.09 Å². The van der Waals surface area contributed by atoms with Gasteiger partial charge in [-0.1, -0.05) is 0 Å². The molecule has 0 spiro atoms. The molecule has 0 rings (SSSR count). The van der Waals surface area contributed by atoms with Gasteiger partial charge in [0.05, 0.1) is 7.11 Å². The van der Waals surface area contributed by atoms with Crippen LogP contribution in [0.2, 0.25) is 0 Å². The SMILES string of the molecule is COC(=O)NCCCN(C)CCCN. The first-order valence-electron chi connectivity index (χ1n) is 4.91. The third-order valence-electron chi connectivity index (χ3n) is 1.92. The summed E-state index contributed by atoms with van der Waals surface area (Å²) < 4.78 is 4.44. The summed E-state index contributed by atoms with van der Waals surface area (Å²) >= 11 is 0. The van der Waals surface area contributed by atoms with Crippen LogP contribution in [0.4, 0.5) is 4.79 Å². The van der Waals surface area contributed by atoms with Crippen LogP contribution in [0.5, 0.6) is 0 Å². The third-order valence-corrected chi connectivity index (χ3v) is 1.92. The number of carbonyl (C=O) groups is 1. The highest BCUT2D eigenvalue weighted by atomic mass is 16.5. The third kappa shape index (κ3) is 7.82. The molecule has 0 radical (unpaired) electrons. The molecule has 0 atom stereocenters. The summed E-state index contributed by atoms with van der Waals surface area (Å²) in [4.78, 5) is 12.9. The Kier molecular flexibility index (Phi) is 8.27. The van der Waals surface area contributed by atoms with Crippen molar-refractivity contribution in [2.45, 2.75) is 12.8 Å². The van der Waals surface area contributed by atoms with Gasteiger partial charge in [0.1, 0.15) is 0 Å². The van der Waals surface area contributed by atoms with Gasteiger partial charge in [0.15, 0.2) is 0 Å². The molecule has 0 aromatic heterocycles. The van der Waals surface area contributed by atoms with Crippen molar-refractivity contribution in [1.82, 2.24) is 10.2 Å². The molecule has 0 saturated heterocycles. The van der Waals surface area contributed by atoms with Crippen molar-refractivity contribution in [3.63, 3.8) is 0 Å². The predicted molar refractivity (Wildman–Crippen MR) is 56.2 cm³/mol. The summed E-state index contributed by atoms with van der Waals surface area (Å²) in [5.41, 5.74) is 5.39. The minimum absolute atomic E-state index is 0.366. The van der Waals surface area contributed by atoms with Crippen molar-refractivity contribution in [3.8, 4) is 0 Å². The first kappa shape index (κ1) is 13.2. The Bertz CT molecular complexity index is 153. The first-order valence-corrected chi connectivity index (χ1v) is 4.91. The predicted octanol–water partition coefficient (Wildman–Crippen LogP) is 0.0131. The highest BCUT2D eigenvalue weighted by Crippen LogP contribution is 1.88. The summed E-state index contributed by atoms with van der Waals surface area (Å²) in [7, 11) is 3.41. The molecule has 0 aliphatic heterocycles. The molecule has 5 heteroatoms. The molecule has 0 aliphatic rings. The molecule has 1 amide bonds. The largest absolute Gasteiger partial charge is 0.453 e. The minimum atomic E-state index is -0.366. The Morgan fingerprint density at radius 3 is 2.64 bits per heavy atom. The second-order valence-corrected chi connectivity index (χ2v) is 3.22. The molecular formula is C9H21N3O2. The van der Waals surface area contributed by atoms with Crippen LogP contribution in [0.1, 0.15) is 12.8 Å². The summed E-state index contributed by atoms with van der Waals surface area (Å²) in [6.07, 6.45) is 1.58. The van der Waals surface area contributed by atoms with Gasteiger partial charge in [-0.2, -0.15) is 0 Å². The molecule has 84 valence electrons. The fourth-order valence-corrected chi connectivity index (χ4v) is 1.08. The van der Waals surface area contributed by atoms with E-state index < -0.39 is 0 Å². The number of nitrogens with zero attached hydrogens (tertiary/aromatic N) is 1. The molecule has 5 nitrogen and oxygen atoms in total. The summed E-state index contributed by atoms with van der Waals surface area (Å²) in [6, 6.07) is 0. The van der Waals surface area contributed by atoms with E-state index >= 15 is 0 Å². The van der Waals surface area contributed by atoms with Crippen molar-refractivity contribution < 1.29 is 9.53 Å². The maximum atomic E-state index is 10.7. The number of rotatable bonds is 7. The van der Waals surface area contributed by atoms with E-state index in [0.717, 1.165) is 32.5 Å². The van der Waals surface area contributed by atoms with E-state index in [0.29, 0.717) is 6.54 Å². The van der Waals surface area contributed by atoms with E-state index in [-0.39, 0.29) is 6.09 Å². The molecule has 0 saturated carbocycles. The Morgan fingerprint density at radius 2 is 2.07 bits per heavy atom. The molecule has 3 N–H and O–H groups in total. The number of nitrogens with one attached hydrogen (secondary N) is 1. The number of nitrogens with two attached hydrogens (primary N) is 1. The Morgan fingerprint density at radius 1 is 1.43 bits per heavy atom. The van der Waals surface area contributed by atoms with Gasteiger partial charge >= 0.3 is 6.09 Å². The second-order valence-electron chi connectivity index (χ2n) is 3.22. The van der Waals surface area contributed by atoms with Gasteiger partial charge in [-0.25, -0.2) is 4.79 Å². The minimum Gasteiger partial charge on any atom is -0.453 e. The lowest BCUT2D eigenvalue weighted by Gasteiger charge is -2.15. The van der Waals surface area contributed by atoms with Crippen LogP contribution in [-0.2, 0) is 4.74 Å². The quantitative estimate of drug-likeness (QED) is 0.572. The monoisotopic (exact) mass is 203 g/mol. The van der Waals surface area contributed by atoms with Crippen LogP contribution < -0.4 is 11.1 Å². The topological polar surface area (TPSA) is 67.6 Å². The maximum Gasteiger partial charge on any atom is 0.406 e. The van der Waals surface area contributed by atoms with E-state index in [1.165, 1.54) is 7.11 Å². The zero-order chi connectivity index (χ0) is 10.8. The van der Waals surface area contributed by atoms with Crippen LogP contribution in [0.15, 0.2) is 0 Å². The van der Waals surface area contributed by atoms with Gasteiger partial charge in [-0.3, -0.25) is 0 Å². The van der Waals surface area contributed by atoms with Gasteiger partial charge in [0.25, 0.3) is 0 Å². The number of alkyl carbamates (subject to hydrolysis) is 1. The lowest BCUT2D eigenvalue weighted by molar-refractivity contribution is 0.170. The highest BCUT2D eigenvalue weighted by Gasteiger charge is 1.99. The molecule has 0 heterocycles. The zero-order valence-corrected chi connectivity index (χ0v) is 9.08. The molecule has 0 bridgehead atoms. The molecule has 0 fully saturated rings. The zero-order valence-electron chi connectivity index (χ0n) is 9.08. The summed E-state index contributed by atoms with van der Waals surface area (Å²) in [5, 5.41) is 2.63. The van der Waals surface area contributed by atoms with Gasteiger partial charge in [0, 0.05) is 6.54 Å².